The lowest BCUT2D eigenvalue weighted by Gasteiger charge is -2.22. The summed E-state index contributed by atoms with van der Waals surface area (Å²) >= 11 is 0. The third-order valence-electron chi connectivity index (χ3n) is 6.90. The van der Waals surface area contributed by atoms with Gasteiger partial charge in [-0.3, -0.25) is 9.78 Å². The molecule has 0 unspecified atom stereocenters. The second-order valence-electron chi connectivity index (χ2n) is 9.49. The molecule has 5 rings (SSSR count). The largest absolute Gasteiger partial charge is 0.492 e. The van der Waals surface area contributed by atoms with Gasteiger partial charge in [-0.25, -0.2) is 0 Å². The molecule has 2 aliphatic rings. The van der Waals surface area contributed by atoms with Crippen molar-refractivity contribution < 1.29 is 9.53 Å². The summed E-state index contributed by atoms with van der Waals surface area (Å²) < 4.78 is 6.01. The van der Waals surface area contributed by atoms with Crippen LogP contribution >= 0.6 is 0 Å². The van der Waals surface area contributed by atoms with E-state index < -0.39 is 0 Å². The van der Waals surface area contributed by atoms with Crippen LogP contribution in [0.5, 0.6) is 5.75 Å². The van der Waals surface area contributed by atoms with Gasteiger partial charge in [0, 0.05) is 23.2 Å². The Balaban J connectivity index is 1.41. The number of amides is 1. The number of carbonyl (C=O) groups excluding carboxylic acids is 1. The van der Waals surface area contributed by atoms with Crippen LogP contribution in [-0.2, 0) is 5.54 Å². The smallest absolute Gasteiger partial charge is 0.252 e. The highest BCUT2D eigenvalue weighted by Crippen LogP contribution is 2.48. The Kier molecular flexibility index (Phi) is 5.67. The highest BCUT2D eigenvalue weighted by atomic mass is 16.5. The van der Waals surface area contributed by atoms with Gasteiger partial charge in [-0.1, -0.05) is 24.3 Å². The highest BCUT2D eigenvalue weighted by Gasteiger charge is 2.47. The number of rotatable bonds is 7. The second-order valence-corrected chi connectivity index (χ2v) is 9.49. The highest BCUT2D eigenvalue weighted by molar-refractivity contribution is 5.97. The summed E-state index contributed by atoms with van der Waals surface area (Å²) in [6, 6.07) is 14.5. The summed E-state index contributed by atoms with van der Waals surface area (Å²) in [6.07, 6.45) is 5.95. The number of aryl methyl sites for hydroxylation is 1. The van der Waals surface area contributed by atoms with Gasteiger partial charge in [-0.2, -0.15) is 0 Å². The molecule has 1 aromatic heterocycles. The molecule has 0 radical (unpaired) electrons. The summed E-state index contributed by atoms with van der Waals surface area (Å²) in [7, 11) is 0. The van der Waals surface area contributed by atoms with Crippen molar-refractivity contribution in [3.63, 3.8) is 0 Å². The second kappa shape index (κ2) is 8.64. The summed E-state index contributed by atoms with van der Waals surface area (Å²) in [5.41, 5.74) is 5.33. The fourth-order valence-electron chi connectivity index (χ4n) is 4.73. The van der Waals surface area contributed by atoms with E-state index in [1.165, 1.54) is 6.42 Å². The maximum absolute atomic E-state index is 13.4. The molecule has 170 valence electrons. The predicted molar refractivity (Wildman–Crippen MR) is 133 cm³/mol. The molecule has 1 saturated heterocycles. The van der Waals surface area contributed by atoms with E-state index in [0.717, 1.165) is 64.7 Å². The van der Waals surface area contributed by atoms with Crippen LogP contribution in [0.15, 0.2) is 55.2 Å². The molecule has 2 aromatic carbocycles. The number of fused-ring (bicyclic) bond motifs is 1. The van der Waals surface area contributed by atoms with Crippen molar-refractivity contribution in [2.45, 2.75) is 51.1 Å². The minimum atomic E-state index is -0.374. The Hall–Kier alpha value is -3.18. The maximum atomic E-state index is 13.4. The van der Waals surface area contributed by atoms with E-state index in [4.69, 9.17) is 4.74 Å². The van der Waals surface area contributed by atoms with Crippen LogP contribution in [0.4, 0.5) is 0 Å². The standard InChI is InChI=1S/C28H31N3O2/c1-18(2)20-14-25(23-7-5-13-30-26(23)15-20)28(10-11-28)31-27(32)24-16-22(9-8-19(24)3)33-17-21-6-4-12-29-21/h5,7-9,13-16,21,29H,1,4,6,10-12,17H2,2-3H3,(H,31,32)/t21-/m0/s1. The Bertz CT molecular complexity index is 1220. The molecule has 1 aliphatic heterocycles. The van der Waals surface area contributed by atoms with Crippen molar-refractivity contribution in [3.8, 4) is 5.75 Å². The van der Waals surface area contributed by atoms with Crippen molar-refractivity contribution in [1.82, 2.24) is 15.6 Å². The fraction of sp³-hybridized carbons (Fsp3) is 0.357. The van der Waals surface area contributed by atoms with Crippen LogP contribution < -0.4 is 15.4 Å². The third-order valence-corrected chi connectivity index (χ3v) is 6.90. The van der Waals surface area contributed by atoms with Crippen LogP contribution in [0.2, 0.25) is 0 Å². The molecule has 1 saturated carbocycles. The molecule has 2 N–H and O–H groups in total. The average Bonchev–Trinajstić information content (AvgIpc) is 3.39. The summed E-state index contributed by atoms with van der Waals surface area (Å²) in [5.74, 6) is 0.676. The van der Waals surface area contributed by atoms with E-state index in [-0.39, 0.29) is 11.4 Å². The van der Waals surface area contributed by atoms with E-state index in [9.17, 15) is 4.79 Å². The Labute approximate surface area is 195 Å². The normalized spacial score (nSPS) is 18.8. The number of hydrogen-bond donors (Lipinski definition) is 2. The zero-order valence-corrected chi connectivity index (χ0v) is 19.4. The predicted octanol–water partition coefficient (Wildman–Crippen LogP) is 5.13. The van der Waals surface area contributed by atoms with Gasteiger partial charge < -0.3 is 15.4 Å². The van der Waals surface area contributed by atoms with Crippen LogP contribution in [0.25, 0.3) is 16.5 Å². The molecule has 0 spiro atoms. The van der Waals surface area contributed by atoms with E-state index in [0.29, 0.717) is 18.2 Å². The van der Waals surface area contributed by atoms with Crippen LogP contribution in [0, 0.1) is 6.92 Å². The molecule has 3 aromatic rings. The Morgan fingerprint density at radius 3 is 2.85 bits per heavy atom. The number of carbonyl (C=O) groups is 1. The summed E-state index contributed by atoms with van der Waals surface area (Å²) in [5, 5.41) is 7.89. The number of hydrogen-bond acceptors (Lipinski definition) is 4. The van der Waals surface area contributed by atoms with E-state index in [1.54, 1.807) is 0 Å². The van der Waals surface area contributed by atoms with Crippen molar-refractivity contribution in [2.75, 3.05) is 13.2 Å². The first-order valence-corrected chi connectivity index (χ1v) is 11.8. The fourth-order valence-corrected chi connectivity index (χ4v) is 4.73. The molecular formula is C28H31N3O2. The van der Waals surface area contributed by atoms with E-state index in [2.05, 4.69) is 40.4 Å². The number of ether oxygens (including phenoxy) is 1. The van der Waals surface area contributed by atoms with Crippen molar-refractivity contribution in [1.29, 1.82) is 0 Å². The monoisotopic (exact) mass is 441 g/mol. The number of pyridine rings is 1. The topological polar surface area (TPSA) is 63.2 Å². The van der Waals surface area contributed by atoms with Gasteiger partial charge in [-0.15, -0.1) is 0 Å². The van der Waals surface area contributed by atoms with E-state index >= 15 is 0 Å². The first-order valence-electron chi connectivity index (χ1n) is 11.8. The van der Waals surface area contributed by atoms with Gasteiger partial charge in [-0.05, 0) is 93.1 Å². The Morgan fingerprint density at radius 1 is 1.27 bits per heavy atom. The van der Waals surface area contributed by atoms with Crippen LogP contribution in [-0.4, -0.2) is 30.1 Å². The number of allylic oxidation sites excluding steroid dienone is 1. The van der Waals surface area contributed by atoms with Gasteiger partial charge in [0.2, 0.25) is 0 Å². The van der Waals surface area contributed by atoms with Crippen LogP contribution in [0.1, 0.15) is 59.7 Å². The average molecular weight is 442 g/mol. The zero-order chi connectivity index (χ0) is 23.0. The van der Waals surface area contributed by atoms with Gasteiger partial charge >= 0.3 is 0 Å². The maximum Gasteiger partial charge on any atom is 0.252 e. The van der Waals surface area contributed by atoms with Gasteiger partial charge in [0.1, 0.15) is 12.4 Å². The zero-order valence-electron chi connectivity index (χ0n) is 19.4. The third kappa shape index (κ3) is 4.38. The quantitative estimate of drug-likeness (QED) is 0.534. The minimum Gasteiger partial charge on any atom is -0.492 e. The Morgan fingerprint density at radius 2 is 2.12 bits per heavy atom. The SMILES string of the molecule is C=C(C)c1cc(C2(NC(=O)c3cc(OC[C@@H]4CCCN4)ccc3C)CC2)c2cccnc2c1. The molecule has 1 atom stereocenters. The van der Waals surface area contributed by atoms with Crippen molar-refractivity contribution in [3.05, 3.63) is 77.5 Å². The number of nitrogens with one attached hydrogen (secondary N) is 2. The van der Waals surface area contributed by atoms with Crippen molar-refractivity contribution in [2.24, 2.45) is 0 Å². The molecule has 5 nitrogen and oxygen atoms in total. The molecule has 2 fully saturated rings. The van der Waals surface area contributed by atoms with Gasteiger partial charge in [0.15, 0.2) is 0 Å². The molecular weight excluding hydrogens is 410 g/mol. The number of benzene rings is 2. The number of nitrogens with zero attached hydrogens (tertiary/aromatic N) is 1. The minimum absolute atomic E-state index is 0.0628. The molecule has 33 heavy (non-hydrogen) atoms. The van der Waals surface area contributed by atoms with Gasteiger partial charge in [0.05, 0.1) is 11.1 Å². The molecule has 1 amide bonds. The molecule has 2 heterocycles. The lowest BCUT2D eigenvalue weighted by Crippen LogP contribution is -2.35. The molecule has 1 aliphatic carbocycles. The number of aromatic nitrogens is 1. The summed E-state index contributed by atoms with van der Waals surface area (Å²) in [4.78, 5) is 18.0. The van der Waals surface area contributed by atoms with E-state index in [1.807, 2.05) is 44.3 Å². The molecule has 0 bridgehead atoms. The first-order chi connectivity index (χ1) is 15.9. The molecule has 5 heteroatoms. The van der Waals surface area contributed by atoms with Crippen molar-refractivity contribution >= 4 is 22.4 Å². The van der Waals surface area contributed by atoms with Crippen LogP contribution in [0.3, 0.4) is 0 Å². The lowest BCUT2D eigenvalue weighted by molar-refractivity contribution is 0.0930. The van der Waals surface area contributed by atoms with Gasteiger partial charge in [0.25, 0.3) is 5.91 Å². The summed E-state index contributed by atoms with van der Waals surface area (Å²) in [6.45, 7) is 9.77. The first kappa shape index (κ1) is 21.7. The lowest BCUT2D eigenvalue weighted by atomic mass is 9.94.